The van der Waals surface area contributed by atoms with Crippen LogP contribution in [0.3, 0.4) is 0 Å². The first-order chi connectivity index (χ1) is 20.3. The molecular formula is C40H31N. The Bertz CT molecular complexity index is 1840. The molecule has 0 fully saturated rings. The van der Waals surface area contributed by atoms with Crippen LogP contribution in [0.4, 0.5) is 17.1 Å². The molecule has 0 aromatic heterocycles. The van der Waals surface area contributed by atoms with E-state index in [1.165, 1.54) is 21.9 Å². The lowest BCUT2D eigenvalue weighted by Gasteiger charge is -2.28. The number of nitrogens with zero attached hydrogens (tertiary/aromatic N) is 1. The summed E-state index contributed by atoms with van der Waals surface area (Å²) < 4.78 is 0. The highest BCUT2D eigenvalue weighted by molar-refractivity contribution is 6.00. The molecule has 6 aromatic rings. The molecule has 1 heteroatoms. The average Bonchev–Trinajstić information content (AvgIpc) is 3.05. The molecule has 0 radical (unpaired) electrons. The standard InChI is InChI=1S/C40H31N/c1-3-14-30(4-2)37-28-27-36(29-39(37)34-17-9-6-10-18-34)41(40-22-13-20-33-19-11-12-21-38(33)40)35-25-23-32(24-26-35)31-15-7-5-8-16-31/h3-29H,1-2H2/b30-14+. The fourth-order valence-electron chi connectivity index (χ4n) is 5.44. The molecule has 0 spiro atoms. The van der Waals surface area contributed by atoms with Crippen LogP contribution in [0.2, 0.25) is 0 Å². The Kier molecular flexibility index (Phi) is 7.42. The summed E-state index contributed by atoms with van der Waals surface area (Å²) in [6, 6.07) is 51.7. The molecule has 0 saturated heterocycles. The predicted octanol–water partition coefficient (Wildman–Crippen LogP) is 11.4. The first-order valence-electron chi connectivity index (χ1n) is 13.9. The van der Waals surface area contributed by atoms with Crippen LogP contribution in [0.5, 0.6) is 0 Å². The first-order valence-corrected chi connectivity index (χ1v) is 13.9. The van der Waals surface area contributed by atoms with Crippen LogP contribution in [-0.4, -0.2) is 0 Å². The molecule has 0 unspecified atom stereocenters. The zero-order chi connectivity index (χ0) is 28.0. The van der Waals surface area contributed by atoms with Gasteiger partial charge in [-0.3, -0.25) is 0 Å². The predicted molar refractivity (Wildman–Crippen MR) is 178 cm³/mol. The summed E-state index contributed by atoms with van der Waals surface area (Å²) in [6.07, 6.45) is 5.73. The van der Waals surface area contributed by atoms with Crippen molar-refractivity contribution < 1.29 is 0 Å². The molecule has 0 amide bonds. The molecule has 0 bridgehead atoms. The van der Waals surface area contributed by atoms with E-state index >= 15 is 0 Å². The van der Waals surface area contributed by atoms with E-state index in [0.29, 0.717) is 0 Å². The summed E-state index contributed by atoms with van der Waals surface area (Å²) in [5.41, 5.74) is 10.2. The Labute approximate surface area is 242 Å². The quantitative estimate of drug-likeness (QED) is 0.179. The van der Waals surface area contributed by atoms with Crippen LogP contribution in [0.1, 0.15) is 5.56 Å². The van der Waals surface area contributed by atoms with Gasteiger partial charge < -0.3 is 4.90 Å². The summed E-state index contributed by atoms with van der Waals surface area (Å²) in [7, 11) is 0. The molecule has 41 heavy (non-hydrogen) atoms. The van der Waals surface area contributed by atoms with Crippen LogP contribution in [-0.2, 0) is 0 Å². The van der Waals surface area contributed by atoms with Crippen molar-refractivity contribution in [2.45, 2.75) is 0 Å². The zero-order valence-electron chi connectivity index (χ0n) is 22.9. The van der Waals surface area contributed by atoms with Gasteiger partial charge in [0.1, 0.15) is 0 Å². The Morgan fingerprint density at radius 2 is 1.15 bits per heavy atom. The van der Waals surface area contributed by atoms with Gasteiger partial charge in [0.25, 0.3) is 0 Å². The van der Waals surface area contributed by atoms with E-state index in [0.717, 1.165) is 39.3 Å². The summed E-state index contributed by atoms with van der Waals surface area (Å²) in [5, 5.41) is 2.41. The lowest BCUT2D eigenvalue weighted by atomic mass is 9.93. The minimum Gasteiger partial charge on any atom is -0.310 e. The molecule has 196 valence electrons. The molecule has 0 aliphatic carbocycles. The molecule has 0 atom stereocenters. The van der Waals surface area contributed by atoms with E-state index in [1.54, 1.807) is 0 Å². The van der Waals surface area contributed by atoms with Gasteiger partial charge in [-0.25, -0.2) is 0 Å². The minimum atomic E-state index is 1.04. The molecular weight excluding hydrogens is 494 g/mol. The number of fused-ring (bicyclic) bond motifs is 1. The van der Waals surface area contributed by atoms with Gasteiger partial charge in [0, 0.05) is 16.8 Å². The Hall–Kier alpha value is -5.40. The fourth-order valence-corrected chi connectivity index (χ4v) is 5.44. The number of benzene rings is 6. The van der Waals surface area contributed by atoms with Gasteiger partial charge >= 0.3 is 0 Å². The van der Waals surface area contributed by atoms with Gasteiger partial charge in [-0.1, -0.05) is 147 Å². The highest BCUT2D eigenvalue weighted by Gasteiger charge is 2.18. The van der Waals surface area contributed by atoms with E-state index in [4.69, 9.17) is 0 Å². The van der Waals surface area contributed by atoms with Crippen LogP contribution < -0.4 is 4.90 Å². The van der Waals surface area contributed by atoms with Gasteiger partial charge in [0.05, 0.1) is 5.69 Å². The van der Waals surface area contributed by atoms with Crippen molar-refractivity contribution >= 4 is 33.4 Å². The van der Waals surface area contributed by atoms with Crippen molar-refractivity contribution in [1.29, 1.82) is 0 Å². The largest absolute Gasteiger partial charge is 0.310 e. The molecule has 1 nitrogen and oxygen atoms in total. The van der Waals surface area contributed by atoms with Crippen LogP contribution in [0.25, 0.3) is 38.6 Å². The van der Waals surface area contributed by atoms with Crippen LogP contribution in [0.15, 0.2) is 177 Å². The maximum absolute atomic E-state index is 4.08. The number of allylic oxidation sites excluding steroid dienone is 4. The van der Waals surface area contributed by atoms with Crippen LogP contribution in [0, 0.1) is 0 Å². The molecule has 0 saturated carbocycles. The van der Waals surface area contributed by atoms with Crippen molar-refractivity contribution in [1.82, 2.24) is 0 Å². The Morgan fingerprint density at radius 1 is 0.537 bits per heavy atom. The Balaban J connectivity index is 1.57. The molecule has 6 rings (SSSR count). The fraction of sp³-hybridized carbons (Fsp3) is 0. The molecule has 0 aliphatic rings. The number of hydrogen-bond donors (Lipinski definition) is 0. The molecule has 0 heterocycles. The number of rotatable bonds is 8. The van der Waals surface area contributed by atoms with Crippen molar-refractivity contribution in [3.05, 3.63) is 183 Å². The van der Waals surface area contributed by atoms with E-state index in [2.05, 4.69) is 164 Å². The maximum Gasteiger partial charge on any atom is 0.0540 e. The lowest BCUT2D eigenvalue weighted by molar-refractivity contribution is 1.29. The van der Waals surface area contributed by atoms with E-state index in [1.807, 2.05) is 18.2 Å². The third kappa shape index (κ3) is 5.26. The summed E-state index contributed by atoms with van der Waals surface area (Å²) >= 11 is 0. The van der Waals surface area contributed by atoms with Crippen molar-refractivity contribution in [3.63, 3.8) is 0 Å². The topological polar surface area (TPSA) is 3.24 Å². The van der Waals surface area contributed by atoms with Gasteiger partial charge in [0.15, 0.2) is 0 Å². The lowest BCUT2D eigenvalue weighted by Crippen LogP contribution is -2.11. The zero-order valence-corrected chi connectivity index (χ0v) is 22.9. The molecule has 0 aliphatic heterocycles. The van der Waals surface area contributed by atoms with Crippen molar-refractivity contribution in [2.24, 2.45) is 0 Å². The third-order valence-corrected chi connectivity index (χ3v) is 7.41. The van der Waals surface area contributed by atoms with Gasteiger partial charge in [0.2, 0.25) is 0 Å². The second-order valence-corrected chi connectivity index (χ2v) is 9.90. The van der Waals surface area contributed by atoms with Gasteiger partial charge in [-0.2, -0.15) is 0 Å². The molecule has 6 aromatic carbocycles. The average molecular weight is 526 g/mol. The SMILES string of the molecule is C=C/C=C(\C=C)c1ccc(N(c2ccc(-c3ccccc3)cc2)c2cccc3ccccc23)cc1-c1ccccc1. The van der Waals surface area contributed by atoms with Gasteiger partial charge in [-0.05, 0) is 69.1 Å². The Morgan fingerprint density at radius 3 is 1.85 bits per heavy atom. The van der Waals surface area contributed by atoms with Crippen LogP contribution >= 0.6 is 0 Å². The van der Waals surface area contributed by atoms with E-state index in [9.17, 15) is 0 Å². The molecule has 0 N–H and O–H groups in total. The minimum absolute atomic E-state index is 1.04. The number of hydrogen-bond acceptors (Lipinski definition) is 1. The van der Waals surface area contributed by atoms with E-state index < -0.39 is 0 Å². The number of anilines is 3. The normalized spacial score (nSPS) is 11.3. The monoisotopic (exact) mass is 525 g/mol. The second-order valence-electron chi connectivity index (χ2n) is 9.90. The second kappa shape index (κ2) is 11.8. The van der Waals surface area contributed by atoms with E-state index in [-0.39, 0.29) is 0 Å². The third-order valence-electron chi connectivity index (χ3n) is 7.41. The summed E-state index contributed by atoms with van der Waals surface area (Å²) in [6.45, 7) is 8.01. The summed E-state index contributed by atoms with van der Waals surface area (Å²) in [5.74, 6) is 0. The van der Waals surface area contributed by atoms with Gasteiger partial charge in [-0.15, -0.1) is 0 Å². The highest BCUT2D eigenvalue weighted by atomic mass is 15.1. The highest BCUT2D eigenvalue weighted by Crippen LogP contribution is 2.42. The maximum atomic E-state index is 4.08. The smallest absolute Gasteiger partial charge is 0.0540 e. The first kappa shape index (κ1) is 25.9. The van der Waals surface area contributed by atoms with Crippen molar-refractivity contribution in [2.75, 3.05) is 4.90 Å². The summed E-state index contributed by atoms with van der Waals surface area (Å²) in [4.78, 5) is 2.36. The van der Waals surface area contributed by atoms with Crippen molar-refractivity contribution in [3.8, 4) is 22.3 Å².